The van der Waals surface area contributed by atoms with Crippen molar-refractivity contribution in [1.29, 1.82) is 0 Å². The molecule has 2 aromatic heterocycles. The molecule has 2 heterocycles. The molecule has 32 heavy (non-hydrogen) atoms. The zero-order valence-electron chi connectivity index (χ0n) is 16.8. The van der Waals surface area contributed by atoms with Crippen LogP contribution in [0, 0.1) is 0 Å². The molecule has 10 heteroatoms. The molecule has 166 valence electrons. The Morgan fingerprint density at radius 1 is 1.03 bits per heavy atom. The number of aromatic nitrogens is 3. The van der Waals surface area contributed by atoms with Crippen molar-refractivity contribution in [2.45, 2.75) is 12.6 Å². The molecular weight excluding hydrogens is 443 g/mol. The van der Waals surface area contributed by atoms with Crippen LogP contribution >= 0.6 is 12.4 Å². The summed E-state index contributed by atoms with van der Waals surface area (Å²) in [6.45, 7) is 0. The summed E-state index contributed by atoms with van der Waals surface area (Å²) in [7, 11) is 1.56. The number of carbonyl (C=O) groups excluding carboxylic acids is 1. The fraction of sp³-hybridized carbons (Fsp3) is 0.136. The Morgan fingerprint density at radius 2 is 1.78 bits per heavy atom. The van der Waals surface area contributed by atoms with E-state index in [2.05, 4.69) is 25.6 Å². The van der Waals surface area contributed by atoms with Gasteiger partial charge in [0, 0.05) is 18.9 Å². The Balaban J connectivity index is 0.00000289. The lowest BCUT2D eigenvalue weighted by atomic mass is 10.0. The molecule has 0 aliphatic carbocycles. The third-order valence-corrected chi connectivity index (χ3v) is 4.72. The number of anilines is 2. The van der Waals surface area contributed by atoms with Gasteiger partial charge < -0.3 is 15.6 Å². The van der Waals surface area contributed by atoms with E-state index in [-0.39, 0.29) is 18.3 Å². The Hall–Kier alpha value is -3.59. The van der Waals surface area contributed by atoms with Crippen LogP contribution in [0.15, 0.2) is 60.8 Å². The molecule has 0 saturated heterocycles. The first kappa shape index (κ1) is 23.1. The third kappa shape index (κ3) is 5.17. The van der Waals surface area contributed by atoms with Gasteiger partial charge in [-0.25, -0.2) is 4.98 Å². The molecule has 4 rings (SSSR count). The summed E-state index contributed by atoms with van der Waals surface area (Å²) < 4.78 is 38.6. The minimum absolute atomic E-state index is 0. The van der Waals surface area contributed by atoms with E-state index >= 15 is 0 Å². The Kier molecular flexibility index (Phi) is 6.69. The van der Waals surface area contributed by atoms with Gasteiger partial charge in [-0.3, -0.25) is 9.78 Å². The van der Waals surface area contributed by atoms with Gasteiger partial charge in [0.2, 0.25) is 5.95 Å². The molecule has 4 aromatic rings. The summed E-state index contributed by atoms with van der Waals surface area (Å²) >= 11 is 0. The van der Waals surface area contributed by atoms with Crippen LogP contribution in [0.3, 0.4) is 0 Å². The minimum Gasteiger partial charge on any atom is -0.354 e. The maximum atomic E-state index is 12.9. The number of halogens is 4. The lowest BCUT2D eigenvalue weighted by Crippen LogP contribution is -2.19. The molecule has 3 N–H and O–H groups in total. The van der Waals surface area contributed by atoms with E-state index in [1.165, 1.54) is 6.07 Å². The van der Waals surface area contributed by atoms with Crippen molar-refractivity contribution in [3.8, 4) is 0 Å². The quantitative estimate of drug-likeness (QED) is 0.386. The average molecular weight is 462 g/mol. The van der Waals surface area contributed by atoms with Crippen LogP contribution in [0.25, 0.3) is 11.0 Å². The standard InChI is InChI=1S/C22H18F3N5O.ClH/c1-26-20(31)19-11-14(8-9-27-19)10-13-2-5-16(6-3-13)28-21-29-17-7-4-15(22(23,24)25)12-18(17)30-21;/h2-9,11-12H,10H2,1H3,(H,26,31)(H2,28,29,30);1H. The Bertz CT molecular complexity index is 1240. The number of pyridine rings is 1. The highest BCUT2D eigenvalue weighted by molar-refractivity contribution is 5.92. The SMILES string of the molecule is CNC(=O)c1cc(Cc2ccc(Nc3nc4ccc(C(F)(F)F)cc4[nH]3)cc2)ccn1.Cl. The van der Waals surface area contributed by atoms with Crippen LogP contribution < -0.4 is 10.6 Å². The number of amides is 1. The van der Waals surface area contributed by atoms with Crippen LogP contribution in [-0.4, -0.2) is 27.9 Å². The van der Waals surface area contributed by atoms with Crippen LogP contribution in [-0.2, 0) is 12.6 Å². The minimum atomic E-state index is -4.40. The van der Waals surface area contributed by atoms with Crippen LogP contribution in [0.2, 0.25) is 0 Å². The number of fused-ring (bicyclic) bond motifs is 1. The topological polar surface area (TPSA) is 82.7 Å². The maximum Gasteiger partial charge on any atom is 0.416 e. The summed E-state index contributed by atoms with van der Waals surface area (Å²) in [5.74, 6) is 0.112. The number of imidazole rings is 1. The first-order valence-corrected chi connectivity index (χ1v) is 9.42. The molecule has 0 saturated carbocycles. The fourth-order valence-electron chi connectivity index (χ4n) is 3.16. The van der Waals surface area contributed by atoms with E-state index in [1.54, 1.807) is 19.3 Å². The second kappa shape index (κ2) is 9.27. The van der Waals surface area contributed by atoms with Crippen LogP contribution in [0.5, 0.6) is 0 Å². The first-order valence-electron chi connectivity index (χ1n) is 9.42. The van der Waals surface area contributed by atoms with Gasteiger partial charge in [-0.15, -0.1) is 12.4 Å². The molecule has 1 amide bonds. The van der Waals surface area contributed by atoms with Gasteiger partial charge in [0.25, 0.3) is 5.91 Å². The van der Waals surface area contributed by atoms with E-state index in [0.717, 1.165) is 28.9 Å². The Labute approximate surface area is 187 Å². The number of rotatable bonds is 5. The third-order valence-electron chi connectivity index (χ3n) is 4.72. The largest absolute Gasteiger partial charge is 0.416 e. The average Bonchev–Trinajstić information content (AvgIpc) is 3.15. The number of H-pyrrole nitrogens is 1. The fourth-order valence-corrected chi connectivity index (χ4v) is 3.16. The van der Waals surface area contributed by atoms with Gasteiger partial charge in [-0.05, 0) is 60.0 Å². The van der Waals surface area contributed by atoms with E-state index in [0.29, 0.717) is 29.1 Å². The molecule has 0 aliphatic heterocycles. The van der Waals surface area contributed by atoms with Gasteiger partial charge in [-0.1, -0.05) is 12.1 Å². The lowest BCUT2D eigenvalue weighted by Gasteiger charge is -2.07. The molecule has 0 aliphatic rings. The highest BCUT2D eigenvalue weighted by atomic mass is 35.5. The molecule has 6 nitrogen and oxygen atoms in total. The predicted molar refractivity (Wildman–Crippen MR) is 119 cm³/mol. The molecule has 0 spiro atoms. The van der Waals surface area contributed by atoms with E-state index < -0.39 is 11.7 Å². The number of benzene rings is 2. The molecular formula is C22H19ClF3N5O. The molecule has 0 unspecified atom stereocenters. The smallest absolute Gasteiger partial charge is 0.354 e. The number of aromatic amines is 1. The van der Waals surface area contributed by atoms with Crippen molar-refractivity contribution in [2.75, 3.05) is 12.4 Å². The second-order valence-corrected chi connectivity index (χ2v) is 6.94. The number of alkyl halides is 3. The van der Waals surface area contributed by atoms with E-state index in [4.69, 9.17) is 0 Å². The van der Waals surface area contributed by atoms with E-state index in [9.17, 15) is 18.0 Å². The molecule has 0 bridgehead atoms. The molecule has 0 atom stereocenters. The van der Waals surface area contributed by atoms with Crippen molar-refractivity contribution in [3.05, 3.63) is 83.2 Å². The van der Waals surface area contributed by atoms with Gasteiger partial charge in [0.05, 0.1) is 16.6 Å². The molecule has 0 radical (unpaired) electrons. The maximum absolute atomic E-state index is 12.9. The van der Waals surface area contributed by atoms with Gasteiger partial charge >= 0.3 is 6.18 Å². The zero-order chi connectivity index (χ0) is 22.0. The monoisotopic (exact) mass is 461 g/mol. The number of nitrogens with one attached hydrogen (secondary N) is 3. The van der Waals surface area contributed by atoms with Crippen molar-refractivity contribution in [2.24, 2.45) is 0 Å². The normalized spacial score (nSPS) is 11.1. The second-order valence-electron chi connectivity index (χ2n) is 6.94. The summed E-state index contributed by atoms with van der Waals surface area (Å²) in [5.41, 5.74) is 3.09. The number of carbonyl (C=O) groups is 1. The van der Waals surface area contributed by atoms with Crippen molar-refractivity contribution in [3.63, 3.8) is 0 Å². The van der Waals surface area contributed by atoms with Gasteiger partial charge in [0.1, 0.15) is 5.69 Å². The van der Waals surface area contributed by atoms with Crippen LogP contribution in [0.4, 0.5) is 24.8 Å². The number of hydrogen-bond donors (Lipinski definition) is 3. The first-order chi connectivity index (χ1) is 14.8. The predicted octanol–water partition coefficient (Wildman–Crippen LogP) is 5.09. The lowest BCUT2D eigenvalue weighted by molar-refractivity contribution is -0.137. The highest BCUT2D eigenvalue weighted by Gasteiger charge is 2.30. The van der Waals surface area contributed by atoms with Crippen molar-refractivity contribution in [1.82, 2.24) is 20.3 Å². The summed E-state index contributed by atoms with van der Waals surface area (Å²) in [6, 6.07) is 14.5. The van der Waals surface area contributed by atoms with Crippen LogP contribution in [0.1, 0.15) is 27.2 Å². The number of hydrogen-bond acceptors (Lipinski definition) is 4. The summed E-state index contributed by atoms with van der Waals surface area (Å²) in [6.07, 6.45) is -2.18. The summed E-state index contributed by atoms with van der Waals surface area (Å²) in [4.78, 5) is 22.9. The van der Waals surface area contributed by atoms with Gasteiger partial charge in [-0.2, -0.15) is 13.2 Å². The highest BCUT2D eigenvalue weighted by Crippen LogP contribution is 2.31. The van der Waals surface area contributed by atoms with Crippen molar-refractivity contribution >= 4 is 41.0 Å². The summed E-state index contributed by atoms with van der Waals surface area (Å²) in [5, 5.41) is 5.61. The molecule has 2 aromatic carbocycles. The van der Waals surface area contributed by atoms with Crippen molar-refractivity contribution < 1.29 is 18.0 Å². The molecule has 0 fully saturated rings. The van der Waals surface area contributed by atoms with Gasteiger partial charge in [0.15, 0.2) is 0 Å². The number of nitrogens with zero attached hydrogens (tertiary/aromatic N) is 2. The zero-order valence-corrected chi connectivity index (χ0v) is 17.6. The van der Waals surface area contributed by atoms with E-state index in [1.807, 2.05) is 30.3 Å². The Morgan fingerprint density at radius 3 is 2.47 bits per heavy atom.